The van der Waals surface area contributed by atoms with Gasteiger partial charge in [0, 0.05) is 0 Å². The van der Waals surface area contributed by atoms with Crippen molar-refractivity contribution in [2.24, 2.45) is 0 Å². The molecule has 0 fully saturated rings. The fourth-order valence-corrected chi connectivity index (χ4v) is 2.61. The number of benzene rings is 1. The van der Waals surface area contributed by atoms with Gasteiger partial charge in [0.15, 0.2) is 0 Å². The van der Waals surface area contributed by atoms with E-state index in [-0.39, 0.29) is 5.97 Å². The third-order valence-electron chi connectivity index (χ3n) is 2.15. The minimum absolute atomic E-state index is 0.291. The molecule has 1 heterocycles. The molecule has 1 aromatic heterocycles. The number of para-hydroxylation sites is 1. The van der Waals surface area contributed by atoms with Gasteiger partial charge in [-0.15, -0.1) is 0 Å². The molecule has 0 atom stereocenters. The van der Waals surface area contributed by atoms with Gasteiger partial charge in [0.05, 0.1) is 0 Å². The maximum absolute atomic E-state index is 11.7. The quantitative estimate of drug-likeness (QED) is 0.789. The number of carbonyl (C=O) groups excluding carboxylic acids is 1. The van der Waals surface area contributed by atoms with E-state index in [1.54, 1.807) is 6.07 Å². The van der Waals surface area contributed by atoms with Crippen molar-refractivity contribution in [3.63, 3.8) is 0 Å². The summed E-state index contributed by atoms with van der Waals surface area (Å²) in [4.78, 5) is 15.9. The van der Waals surface area contributed by atoms with Gasteiger partial charge in [-0.25, -0.2) is 0 Å². The molecule has 0 aliphatic rings. The van der Waals surface area contributed by atoms with E-state index in [9.17, 15) is 4.79 Å². The van der Waals surface area contributed by atoms with Crippen molar-refractivity contribution in [2.45, 2.75) is 11.0 Å². The van der Waals surface area contributed by atoms with Crippen molar-refractivity contribution in [2.75, 3.05) is 0 Å². The van der Waals surface area contributed by atoms with Gasteiger partial charge in [-0.2, -0.15) is 0 Å². The van der Waals surface area contributed by atoms with E-state index in [1.807, 2.05) is 41.3 Å². The van der Waals surface area contributed by atoms with Crippen LogP contribution in [0.3, 0.4) is 0 Å². The van der Waals surface area contributed by atoms with Crippen LogP contribution in [0.2, 0.25) is 11.0 Å². The molecule has 0 saturated heterocycles. The maximum atomic E-state index is 11.7. The number of fused-ring (bicyclic) bond motifs is 1. The van der Waals surface area contributed by atoms with E-state index < -0.39 is 16.6 Å². The van der Waals surface area contributed by atoms with Gasteiger partial charge >= 0.3 is 99.8 Å². The minimum atomic E-state index is -1.78. The zero-order valence-corrected chi connectivity index (χ0v) is 11.7. The number of pyridine rings is 1. The number of hydrogen-bond donors (Lipinski definition) is 0. The van der Waals surface area contributed by atoms with Crippen LogP contribution in [0.25, 0.3) is 10.9 Å². The summed E-state index contributed by atoms with van der Waals surface area (Å²) in [6.45, 7) is 0. The SMILES string of the molecule is [CH3][Ga]([CH3])[O]C(=O)c1ccc2ccccc2n1. The predicted octanol–water partition coefficient (Wildman–Crippen LogP) is 2.64. The Hall–Kier alpha value is -1.26. The van der Waals surface area contributed by atoms with Crippen molar-refractivity contribution in [1.29, 1.82) is 0 Å². The van der Waals surface area contributed by atoms with Crippen LogP contribution in [-0.4, -0.2) is 27.5 Å². The first-order chi connectivity index (χ1) is 7.66. The average Bonchev–Trinajstić information content (AvgIpc) is 2.27. The molecule has 1 aromatic carbocycles. The van der Waals surface area contributed by atoms with Gasteiger partial charge in [-0.3, -0.25) is 0 Å². The average molecular weight is 272 g/mol. The topological polar surface area (TPSA) is 39.2 Å². The van der Waals surface area contributed by atoms with Gasteiger partial charge in [0.25, 0.3) is 0 Å². The molecule has 0 spiro atoms. The Labute approximate surface area is 99.9 Å². The van der Waals surface area contributed by atoms with E-state index in [4.69, 9.17) is 3.53 Å². The monoisotopic (exact) mass is 271 g/mol. The number of rotatable bonds is 2. The fraction of sp³-hybridized carbons (Fsp3) is 0.167. The number of aromatic nitrogens is 1. The van der Waals surface area contributed by atoms with Crippen LogP contribution in [0.1, 0.15) is 10.5 Å². The van der Waals surface area contributed by atoms with E-state index in [0.29, 0.717) is 5.69 Å². The molecule has 2 rings (SSSR count). The van der Waals surface area contributed by atoms with Crippen molar-refractivity contribution < 1.29 is 8.32 Å². The van der Waals surface area contributed by atoms with Gasteiger partial charge in [-0.05, 0) is 0 Å². The molecule has 0 bridgehead atoms. The molecule has 0 radical (unpaired) electrons. The van der Waals surface area contributed by atoms with Crippen molar-refractivity contribution >= 4 is 33.5 Å². The summed E-state index contributed by atoms with van der Waals surface area (Å²) in [6.07, 6.45) is 0. The molecular formula is C12H12GaNO2. The van der Waals surface area contributed by atoms with Crippen LogP contribution in [0.4, 0.5) is 0 Å². The van der Waals surface area contributed by atoms with Crippen molar-refractivity contribution in [3.05, 3.63) is 42.1 Å². The van der Waals surface area contributed by atoms with Gasteiger partial charge in [0.1, 0.15) is 0 Å². The Bertz CT molecular complexity index is 525. The van der Waals surface area contributed by atoms with E-state index in [1.165, 1.54) is 0 Å². The van der Waals surface area contributed by atoms with E-state index in [0.717, 1.165) is 10.9 Å². The first-order valence-corrected chi connectivity index (χ1v) is 11.1. The number of nitrogens with zero attached hydrogens (tertiary/aromatic N) is 1. The molecule has 0 aliphatic carbocycles. The zero-order valence-electron chi connectivity index (χ0n) is 9.31. The molecule has 0 unspecified atom stereocenters. The van der Waals surface area contributed by atoms with Gasteiger partial charge in [0.2, 0.25) is 0 Å². The second-order valence-electron chi connectivity index (χ2n) is 3.84. The van der Waals surface area contributed by atoms with E-state index >= 15 is 0 Å². The standard InChI is InChI=1S/C10H7NO2.2CH3.Ga/c12-10(13)9-6-5-7-3-1-2-4-8(7)11-9;;;/h1-6H,(H,12,13);2*1H3;/q;;;+1/p-1. The molecule has 0 amide bonds. The number of hydrogen-bond acceptors (Lipinski definition) is 3. The van der Waals surface area contributed by atoms with E-state index in [2.05, 4.69) is 4.98 Å². The van der Waals surface area contributed by atoms with Crippen LogP contribution < -0.4 is 0 Å². The van der Waals surface area contributed by atoms with Crippen LogP contribution >= 0.6 is 0 Å². The molecule has 0 N–H and O–H groups in total. The second kappa shape index (κ2) is 4.72. The van der Waals surface area contributed by atoms with Gasteiger partial charge in [-0.1, -0.05) is 0 Å². The van der Waals surface area contributed by atoms with Crippen LogP contribution in [0, 0.1) is 0 Å². The summed E-state index contributed by atoms with van der Waals surface area (Å²) >= 11 is -1.78. The summed E-state index contributed by atoms with van der Waals surface area (Å²) in [7, 11) is 0. The molecule has 3 nitrogen and oxygen atoms in total. The molecule has 2 aromatic rings. The summed E-state index contributed by atoms with van der Waals surface area (Å²) < 4.78 is 5.27. The summed E-state index contributed by atoms with van der Waals surface area (Å²) in [5, 5.41) is 1.03. The first-order valence-electron chi connectivity index (χ1n) is 5.23. The normalized spacial score (nSPS) is 10.1. The zero-order chi connectivity index (χ0) is 11.5. The predicted molar refractivity (Wildman–Crippen MR) is 64.6 cm³/mol. The van der Waals surface area contributed by atoms with Crippen LogP contribution in [0.15, 0.2) is 36.4 Å². The third-order valence-corrected chi connectivity index (χ3v) is 3.59. The first kappa shape index (κ1) is 11.2. The molecule has 16 heavy (non-hydrogen) atoms. The van der Waals surface area contributed by atoms with Crippen LogP contribution in [-0.2, 0) is 3.53 Å². The molecule has 0 saturated carbocycles. The Morgan fingerprint density at radius 1 is 1.19 bits per heavy atom. The Kier molecular flexibility index (Phi) is 3.31. The second-order valence-corrected chi connectivity index (χ2v) is 8.74. The molecule has 4 heteroatoms. The summed E-state index contributed by atoms with van der Waals surface area (Å²) in [5.41, 5.74) is 5.24. The molecular weight excluding hydrogens is 260 g/mol. The Morgan fingerprint density at radius 2 is 1.94 bits per heavy atom. The fourth-order valence-electron chi connectivity index (χ4n) is 1.45. The number of carbonyl (C=O) groups is 1. The van der Waals surface area contributed by atoms with Crippen molar-refractivity contribution in [1.82, 2.24) is 4.98 Å². The summed E-state index contributed by atoms with van der Waals surface area (Å²) in [6, 6.07) is 11.3. The van der Waals surface area contributed by atoms with Gasteiger partial charge < -0.3 is 0 Å². The Morgan fingerprint density at radius 3 is 2.69 bits per heavy atom. The van der Waals surface area contributed by atoms with Crippen molar-refractivity contribution in [3.8, 4) is 0 Å². The molecule has 0 aliphatic heterocycles. The molecule has 80 valence electrons. The van der Waals surface area contributed by atoms with Crippen LogP contribution in [0.5, 0.6) is 0 Å². The summed E-state index contributed by atoms with van der Waals surface area (Å²) in [5.74, 6) is -0.291. The Balaban J connectivity index is 2.35. The third kappa shape index (κ3) is 2.45.